The summed E-state index contributed by atoms with van der Waals surface area (Å²) in [4.78, 5) is 4.85. The first kappa shape index (κ1) is 24.3. The van der Waals surface area contributed by atoms with Crippen molar-refractivity contribution in [2.75, 3.05) is 5.32 Å². The van der Waals surface area contributed by atoms with Gasteiger partial charge in [0.25, 0.3) is 0 Å². The van der Waals surface area contributed by atoms with Gasteiger partial charge in [0.1, 0.15) is 18.2 Å². The van der Waals surface area contributed by atoms with Crippen LogP contribution in [0.3, 0.4) is 0 Å². The van der Waals surface area contributed by atoms with Gasteiger partial charge in [0.2, 0.25) is 0 Å². The Labute approximate surface area is 233 Å². The summed E-state index contributed by atoms with van der Waals surface area (Å²) in [7, 11) is 0. The van der Waals surface area contributed by atoms with Crippen LogP contribution in [0.5, 0.6) is 5.75 Å². The Morgan fingerprint density at radius 3 is 2.62 bits per heavy atom. The number of allylic oxidation sites excluding steroid dienone is 2. The monoisotopic (exact) mass is 524 g/mol. The molecule has 0 unspecified atom stereocenters. The van der Waals surface area contributed by atoms with Crippen LogP contribution in [0.2, 0.25) is 0 Å². The number of para-hydroxylation sites is 1. The lowest BCUT2D eigenvalue weighted by Crippen LogP contribution is -2.28. The summed E-state index contributed by atoms with van der Waals surface area (Å²) in [5.74, 6) is 1.42. The van der Waals surface area contributed by atoms with Crippen molar-refractivity contribution in [3.63, 3.8) is 0 Å². The molecule has 196 valence electrons. The van der Waals surface area contributed by atoms with E-state index in [1.165, 1.54) is 28.9 Å². The Morgan fingerprint density at radius 1 is 0.875 bits per heavy atom. The number of halogens is 1. The van der Waals surface area contributed by atoms with E-state index in [4.69, 9.17) is 9.73 Å². The average Bonchev–Trinajstić information content (AvgIpc) is 3.50. The first-order valence-electron chi connectivity index (χ1n) is 13.8. The van der Waals surface area contributed by atoms with E-state index in [-0.39, 0.29) is 18.5 Å². The van der Waals surface area contributed by atoms with Crippen LogP contribution in [0.4, 0.5) is 15.8 Å². The summed E-state index contributed by atoms with van der Waals surface area (Å²) >= 11 is 0. The summed E-state index contributed by atoms with van der Waals surface area (Å²) in [5.41, 5.74) is 6.46. The number of nitrogens with one attached hydrogen (secondary N) is 1. The van der Waals surface area contributed by atoms with Crippen molar-refractivity contribution in [2.24, 2.45) is 10.9 Å². The molecule has 1 aliphatic heterocycles. The number of benzene rings is 5. The van der Waals surface area contributed by atoms with Crippen molar-refractivity contribution >= 4 is 28.4 Å². The second kappa shape index (κ2) is 10.5. The summed E-state index contributed by atoms with van der Waals surface area (Å²) in [6.07, 6.45) is 7.65. The van der Waals surface area contributed by atoms with Gasteiger partial charge in [0, 0.05) is 23.4 Å². The molecule has 1 N–H and O–H groups in total. The Balaban J connectivity index is 1.15. The third kappa shape index (κ3) is 4.66. The number of rotatable bonds is 6. The van der Waals surface area contributed by atoms with Crippen molar-refractivity contribution in [2.45, 2.75) is 25.0 Å². The fraction of sp³-hybridized carbons (Fsp3) is 0.139. The SMILES string of the molecule is Fc1cccc(COc2ccc3ccccc3c2C=Nc2ccc([C@@H]3Nc4ccccc4[C@@H]4C=CC[C@H]43)cc2)c1. The topological polar surface area (TPSA) is 33.6 Å². The Morgan fingerprint density at radius 2 is 1.73 bits per heavy atom. The van der Waals surface area contributed by atoms with Gasteiger partial charge in [0.05, 0.1) is 11.7 Å². The molecule has 7 rings (SSSR count). The van der Waals surface area contributed by atoms with Gasteiger partial charge in [-0.1, -0.05) is 84.9 Å². The maximum Gasteiger partial charge on any atom is 0.129 e. The Kier molecular flexibility index (Phi) is 6.37. The summed E-state index contributed by atoms with van der Waals surface area (Å²) in [6, 6.07) is 36.2. The van der Waals surface area contributed by atoms with Gasteiger partial charge in [-0.05, 0) is 76.2 Å². The molecule has 2 aliphatic rings. The summed E-state index contributed by atoms with van der Waals surface area (Å²) in [6.45, 7) is 0.278. The molecule has 4 heteroatoms. The fourth-order valence-electron chi connectivity index (χ4n) is 6.10. The fourth-order valence-corrected chi connectivity index (χ4v) is 6.10. The van der Waals surface area contributed by atoms with E-state index < -0.39 is 0 Å². The molecule has 3 atom stereocenters. The van der Waals surface area contributed by atoms with Crippen molar-refractivity contribution in [3.8, 4) is 5.75 Å². The normalized spacial score (nSPS) is 19.4. The molecule has 1 heterocycles. The second-order valence-corrected chi connectivity index (χ2v) is 10.5. The Bertz CT molecular complexity index is 1740. The third-order valence-corrected chi connectivity index (χ3v) is 8.08. The van der Waals surface area contributed by atoms with Crippen molar-refractivity contribution in [1.29, 1.82) is 0 Å². The average molecular weight is 525 g/mol. The van der Waals surface area contributed by atoms with Crippen LogP contribution in [0.1, 0.15) is 40.6 Å². The number of ether oxygens (including phenoxy) is 1. The molecule has 5 aromatic rings. The maximum absolute atomic E-state index is 13.7. The molecule has 40 heavy (non-hydrogen) atoms. The van der Waals surface area contributed by atoms with E-state index in [2.05, 4.69) is 78.1 Å². The van der Waals surface area contributed by atoms with Gasteiger partial charge >= 0.3 is 0 Å². The molecule has 5 aromatic carbocycles. The number of hydrogen-bond acceptors (Lipinski definition) is 3. The molecule has 0 saturated heterocycles. The number of aliphatic imine (C=N–C) groups is 1. The highest BCUT2D eigenvalue weighted by Crippen LogP contribution is 2.49. The van der Waals surface area contributed by atoms with Crippen LogP contribution in [-0.2, 0) is 6.61 Å². The zero-order chi connectivity index (χ0) is 26.9. The van der Waals surface area contributed by atoms with Gasteiger partial charge in [0.15, 0.2) is 0 Å². The second-order valence-electron chi connectivity index (χ2n) is 10.5. The van der Waals surface area contributed by atoms with Crippen LogP contribution in [-0.4, -0.2) is 6.21 Å². The van der Waals surface area contributed by atoms with Crippen LogP contribution < -0.4 is 10.1 Å². The van der Waals surface area contributed by atoms with E-state index in [1.807, 2.05) is 36.5 Å². The highest BCUT2D eigenvalue weighted by molar-refractivity contribution is 6.03. The maximum atomic E-state index is 13.7. The lowest BCUT2D eigenvalue weighted by Gasteiger charge is -2.37. The van der Waals surface area contributed by atoms with Gasteiger partial charge in [-0.3, -0.25) is 4.99 Å². The minimum Gasteiger partial charge on any atom is -0.488 e. The smallest absolute Gasteiger partial charge is 0.129 e. The van der Waals surface area contributed by atoms with Gasteiger partial charge in [-0.25, -0.2) is 4.39 Å². The first-order valence-corrected chi connectivity index (χ1v) is 13.8. The quantitative estimate of drug-likeness (QED) is 0.177. The Hall–Kier alpha value is -4.70. The van der Waals surface area contributed by atoms with Gasteiger partial charge in [-0.15, -0.1) is 0 Å². The molecular weight excluding hydrogens is 495 g/mol. The minimum atomic E-state index is -0.266. The highest BCUT2D eigenvalue weighted by atomic mass is 19.1. The number of nitrogens with zero attached hydrogens (tertiary/aromatic N) is 1. The van der Waals surface area contributed by atoms with Crippen molar-refractivity contribution in [3.05, 3.63) is 149 Å². The zero-order valence-electron chi connectivity index (χ0n) is 22.0. The van der Waals surface area contributed by atoms with E-state index in [0.717, 1.165) is 34.0 Å². The minimum absolute atomic E-state index is 0.258. The van der Waals surface area contributed by atoms with Crippen molar-refractivity contribution < 1.29 is 9.13 Å². The molecule has 0 fully saturated rings. The van der Waals surface area contributed by atoms with Crippen LogP contribution in [0.25, 0.3) is 10.8 Å². The van der Waals surface area contributed by atoms with Crippen LogP contribution >= 0.6 is 0 Å². The molecule has 0 amide bonds. The third-order valence-electron chi connectivity index (χ3n) is 8.08. The number of hydrogen-bond donors (Lipinski definition) is 1. The molecular formula is C36H29FN2O. The zero-order valence-corrected chi connectivity index (χ0v) is 22.0. The molecule has 0 radical (unpaired) electrons. The molecule has 0 spiro atoms. The van der Waals surface area contributed by atoms with E-state index in [9.17, 15) is 4.39 Å². The van der Waals surface area contributed by atoms with Crippen molar-refractivity contribution in [1.82, 2.24) is 0 Å². The largest absolute Gasteiger partial charge is 0.488 e. The standard InChI is InChI=1S/C36H29FN2O/c37-27-9-5-7-24(21-27)23-40-35-20-17-25-8-1-2-10-29(25)33(35)22-38-28-18-15-26(16-19-28)36-32-13-6-12-30(32)31-11-3-4-14-34(31)39-36/h1-12,14-22,30,32,36,39H,13,23H2/t30-,32+,36-/m0/s1. The molecule has 0 saturated carbocycles. The lowest BCUT2D eigenvalue weighted by atomic mass is 9.77. The van der Waals surface area contributed by atoms with Gasteiger partial charge in [-0.2, -0.15) is 0 Å². The van der Waals surface area contributed by atoms with E-state index in [1.54, 1.807) is 6.07 Å². The molecule has 0 bridgehead atoms. The first-order chi connectivity index (χ1) is 19.7. The summed E-state index contributed by atoms with van der Waals surface area (Å²) < 4.78 is 19.9. The number of fused-ring (bicyclic) bond motifs is 4. The summed E-state index contributed by atoms with van der Waals surface area (Å²) in [5, 5.41) is 5.97. The number of anilines is 1. The molecule has 3 nitrogen and oxygen atoms in total. The van der Waals surface area contributed by atoms with E-state index >= 15 is 0 Å². The molecule has 1 aliphatic carbocycles. The highest BCUT2D eigenvalue weighted by Gasteiger charge is 2.37. The predicted octanol–water partition coefficient (Wildman–Crippen LogP) is 9.13. The van der Waals surface area contributed by atoms with Gasteiger partial charge < -0.3 is 10.1 Å². The van der Waals surface area contributed by atoms with Crippen LogP contribution in [0.15, 0.2) is 126 Å². The predicted molar refractivity (Wildman–Crippen MR) is 161 cm³/mol. The molecule has 0 aromatic heterocycles. The lowest BCUT2D eigenvalue weighted by molar-refractivity contribution is 0.305. The van der Waals surface area contributed by atoms with Crippen LogP contribution in [0, 0.1) is 11.7 Å². The van der Waals surface area contributed by atoms with E-state index in [0.29, 0.717) is 17.6 Å².